The Morgan fingerprint density at radius 1 is 1.10 bits per heavy atom. The number of hydrogen-bond donors (Lipinski definition) is 4. The summed E-state index contributed by atoms with van der Waals surface area (Å²) in [4.78, 5) is 45.8. The van der Waals surface area contributed by atoms with Crippen LogP contribution in [-0.2, 0) is 25.3 Å². The van der Waals surface area contributed by atoms with Crippen molar-refractivity contribution < 1.29 is 38.2 Å². The third kappa shape index (κ3) is 3.61. The first kappa shape index (κ1) is 18.0. The molecule has 0 saturated heterocycles. The Kier molecular flexibility index (Phi) is 5.50. The van der Waals surface area contributed by atoms with Crippen LogP contribution in [0.5, 0.6) is 0 Å². The molecule has 4 N–H and O–H groups in total. The van der Waals surface area contributed by atoms with Crippen molar-refractivity contribution in [2.24, 2.45) is 0 Å². The summed E-state index contributed by atoms with van der Waals surface area (Å²) in [6.07, 6.45) is -0.755. The van der Waals surface area contributed by atoms with E-state index in [0.29, 0.717) is 5.56 Å². The maximum absolute atomic E-state index is 12.0. The van der Waals surface area contributed by atoms with Crippen molar-refractivity contribution in [1.29, 1.82) is 0 Å². The Balaban J connectivity index is 3.08. The predicted molar refractivity (Wildman–Crippen MR) is 73.3 cm³/mol. The van der Waals surface area contributed by atoms with Crippen molar-refractivity contribution in [1.82, 2.24) is 0 Å². The van der Waals surface area contributed by atoms with E-state index >= 15 is 0 Å². The molecule has 0 radical (unpaired) electrons. The van der Waals surface area contributed by atoms with Crippen LogP contribution in [0.4, 0.5) is 0 Å². The first-order valence-corrected chi connectivity index (χ1v) is 9.11. The van der Waals surface area contributed by atoms with Crippen LogP contribution in [-0.4, -0.2) is 30.4 Å². The second-order valence-electron chi connectivity index (χ2n) is 4.32. The zero-order valence-electron chi connectivity index (χ0n) is 11.1. The molecule has 0 aromatic heterocycles. The van der Waals surface area contributed by atoms with Gasteiger partial charge in [-0.2, -0.15) is 0 Å². The van der Waals surface area contributed by atoms with Crippen molar-refractivity contribution in [3.8, 4) is 0 Å². The minimum Gasteiger partial charge on any atom is -0.459 e. The lowest BCUT2D eigenvalue weighted by atomic mass is 10.2. The van der Waals surface area contributed by atoms with Crippen LogP contribution in [0, 0.1) is 0 Å². The Hall–Kier alpha value is -1.01. The summed E-state index contributed by atoms with van der Waals surface area (Å²) in [6, 6.07) is 8.21. The van der Waals surface area contributed by atoms with E-state index in [4.69, 9.17) is 4.74 Å². The van der Waals surface area contributed by atoms with Crippen LogP contribution < -0.4 is 0 Å². The van der Waals surface area contributed by atoms with Crippen LogP contribution in [0.15, 0.2) is 30.3 Å². The molecule has 0 unspecified atom stereocenters. The third-order valence-electron chi connectivity index (χ3n) is 3.00. The van der Waals surface area contributed by atoms with Gasteiger partial charge in [-0.25, -0.2) is 0 Å². The number of carbonyl (C=O) groups is 1. The zero-order chi connectivity index (χ0) is 16.3. The molecule has 0 saturated carbocycles. The standard InChI is InChI=1S/C11H16O8P2/c1-2-11(20(13,14)15,21(16,17)18)10(12)19-8-9-6-4-3-5-7-9/h3-7H,2,8H2,1H3,(H2,13,14,15)(H2,16,17,18). The Bertz CT molecular complexity index is 566. The quantitative estimate of drug-likeness (QED) is 0.448. The van der Waals surface area contributed by atoms with Gasteiger partial charge in [0.25, 0.3) is 4.90 Å². The molecule has 1 aromatic rings. The zero-order valence-corrected chi connectivity index (χ0v) is 12.9. The lowest BCUT2D eigenvalue weighted by molar-refractivity contribution is -0.146. The second-order valence-corrected chi connectivity index (χ2v) is 8.38. The van der Waals surface area contributed by atoms with Crippen LogP contribution in [0.1, 0.15) is 18.9 Å². The molecule has 0 aliphatic rings. The van der Waals surface area contributed by atoms with Crippen molar-refractivity contribution in [2.75, 3.05) is 0 Å². The van der Waals surface area contributed by atoms with Gasteiger partial charge in [0, 0.05) is 0 Å². The van der Waals surface area contributed by atoms with Gasteiger partial charge >= 0.3 is 21.2 Å². The van der Waals surface area contributed by atoms with E-state index in [2.05, 4.69) is 0 Å². The average molecular weight is 338 g/mol. The van der Waals surface area contributed by atoms with Crippen molar-refractivity contribution in [3.63, 3.8) is 0 Å². The fraction of sp³-hybridized carbons (Fsp3) is 0.364. The van der Waals surface area contributed by atoms with Gasteiger partial charge in [0.05, 0.1) is 0 Å². The highest BCUT2D eigenvalue weighted by atomic mass is 31.2. The SMILES string of the molecule is CCC(C(=O)OCc1ccccc1)(P(=O)(O)O)P(=O)(O)O. The van der Waals surface area contributed by atoms with Crippen LogP contribution in [0.3, 0.4) is 0 Å². The van der Waals surface area contributed by atoms with Gasteiger partial charge in [0.1, 0.15) is 6.61 Å². The molecule has 0 spiro atoms. The van der Waals surface area contributed by atoms with E-state index in [9.17, 15) is 33.5 Å². The van der Waals surface area contributed by atoms with E-state index in [-0.39, 0.29) is 6.61 Å². The largest absolute Gasteiger partial charge is 0.459 e. The molecule has 0 heterocycles. The molecule has 1 rings (SSSR count). The minimum atomic E-state index is -5.44. The Morgan fingerprint density at radius 3 is 1.95 bits per heavy atom. The molecule has 0 aliphatic heterocycles. The molecule has 118 valence electrons. The lowest BCUT2D eigenvalue weighted by Crippen LogP contribution is -2.39. The molecule has 0 bridgehead atoms. The fourth-order valence-electron chi connectivity index (χ4n) is 1.80. The number of hydrogen-bond acceptors (Lipinski definition) is 4. The molecule has 8 nitrogen and oxygen atoms in total. The molecule has 0 fully saturated rings. The Morgan fingerprint density at radius 2 is 1.57 bits per heavy atom. The molecule has 0 amide bonds. The molecule has 0 atom stereocenters. The lowest BCUT2D eigenvalue weighted by Gasteiger charge is -2.31. The number of esters is 1. The van der Waals surface area contributed by atoms with E-state index in [1.807, 2.05) is 0 Å². The topological polar surface area (TPSA) is 141 Å². The fourth-order valence-corrected chi connectivity index (χ4v) is 4.59. The first-order valence-electron chi connectivity index (χ1n) is 5.88. The average Bonchev–Trinajstić information content (AvgIpc) is 2.35. The highest BCUT2D eigenvalue weighted by molar-refractivity contribution is 7.74. The van der Waals surface area contributed by atoms with E-state index in [1.54, 1.807) is 30.3 Å². The summed E-state index contributed by atoms with van der Waals surface area (Å²) >= 11 is 0. The molecular formula is C11H16O8P2. The van der Waals surface area contributed by atoms with Crippen LogP contribution in [0.25, 0.3) is 0 Å². The molecule has 21 heavy (non-hydrogen) atoms. The van der Waals surface area contributed by atoms with Crippen molar-refractivity contribution in [3.05, 3.63) is 35.9 Å². The van der Waals surface area contributed by atoms with Crippen LogP contribution in [0.2, 0.25) is 0 Å². The monoisotopic (exact) mass is 338 g/mol. The van der Waals surface area contributed by atoms with E-state index in [1.165, 1.54) is 0 Å². The summed E-state index contributed by atoms with van der Waals surface area (Å²) in [5.74, 6) is -1.62. The van der Waals surface area contributed by atoms with Gasteiger partial charge in [-0.15, -0.1) is 0 Å². The number of benzene rings is 1. The summed E-state index contributed by atoms with van der Waals surface area (Å²) < 4.78 is 27.7. The number of carbonyl (C=O) groups excluding carboxylic acids is 1. The van der Waals surface area contributed by atoms with Gasteiger partial charge in [0.15, 0.2) is 0 Å². The van der Waals surface area contributed by atoms with Crippen molar-refractivity contribution >= 4 is 21.2 Å². The maximum atomic E-state index is 12.0. The van der Waals surface area contributed by atoms with Gasteiger partial charge in [-0.05, 0) is 12.0 Å². The summed E-state index contributed by atoms with van der Waals surface area (Å²) in [7, 11) is -10.9. The Labute approximate surface area is 121 Å². The molecule has 0 aliphatic carbocycles. The first-order chi connectivity index (χ1) is 9.56. The summed E-state index contributed by atoms with van der Waals surface area (Å²) in [5.41, 5.74) is 0.521. The van der Waals surface area contributed by atoms with Gasteiger partial charge in [0.2, 0.25) is 0 Å². The number of ether oxygens (including phenoxy) is 1. The highest BCUT2D eigenvalue weighted by Crippen LogP contribution is 2.71. The minimum absolute atomic E-state index is 0.346. The smallest absolute Gasteiger partial charge is 0.355 e. The normalized spacial score (nSPS) is 13.0. The summed E-state index contributed by atoms with van der Waals surface area (Å²) in [5, 5.41) is 0. The second kappa shape index (κ2) is 6.40. The highest BCUT2D eigenvalue weighted by Gasteiger charge is 2.66. The van der Waals surface area contributed by atoms with Gasteiger partial charge in [-0.1, -0.05) is 37.3 Å². The molecular weight excluding hydrogens is 322 g/mol. The van der Waals surface area contributed by atoms with Crippen molar-refractivity contribution in [2.45, 2.75) is 24.8 Å². The summed E-state index contributed by atoms with van der Waals surface area (Å²) in [6.45, 7) is 0.753. The van der Waals surface area contributed by atoms with E-state index < -0.39 is 32.5 Å². The molecule has 1 aromatic carbocycles. The van der Waals surface area contributed by atoms with E-state index in [0.717, 1.165) is 6.92 Å². The third-order valence-corrected chi connectivity index (χ3v) is 7.48. The number of rotatable bonds is 6. The van der Waals surface area contributed by atoms with Gasteiger partial charge < -0.3 is 24.3 Å². The van der Waals surface area contributed by atoms with Gasteiger partial charge in [-0.3, -0.25) is 13.9 Å². The van der Waals surface area contributed by atoms with Crippen LogP contribution >= 0.6 is 15.2 Å². The maximum Gasteiger partial charge on any atom is 0.355 e. The molecule has 10 heteroatoms. The predicted octanol–water partition coefficient (Wildman–Crippen LogP) is 1.19.